The lowest BCUT2D eigenvalue weighted by atomic mass is 10.1. The predicted molar refractivity (Wildman–Crippen MR) is 95.2 cm³/mol. The maximum absolute atomic E-state index is 13.1. The molecule has 0 aliphatic rings. The molecule has 0 heterocycles. The molecular weight excluding hydrogens is 335 g/mol. The van der Waals surface area contributed by atoms with Crippen molar-refractivity contribution in [2.75, 3.05) is 18.1 Å². The molecule has 1 amide bonds. The molecule has 0 saturated carbocycles. The fourth-order valence-electron chi connectivity index (χ4n) is 2.42. The highest BCUT2D eigenvalue weighted by atomic mass is 19.1. The predicted octanol–water partition coefficient (Wildman–Crippen LogP) is 3.55. The highest BCUT2D eigenvalue weighted by Gasteiger charge is 2.19. The lowest BCUT2D eigenvalue weighted by Gasteiger charge is -2.21. The minimum atomic E-state index is -0.584. The number of hydrogen-bond donors (Lipinski definition) is 0. The molecule has 2 aromatic carbocycles. The Hall–Kier alpha value is -3.20. The van der Waals surface area contributed by atoms with Gasteiger partial charge in [-0.2, -0.15) is 5.26 Å². The van der Waals surface area contributed by atoms with E-state index in [4.69, 9.17) is 10.00 Å². The molecule has 0 radical (unpaired) electrons. The van der Waals surface area contributed by atoms with Crippen molar-refractivity contribution < 1.29 is 18.7 Å². The second kappa shape index (κ2) is 8.77. The van der Waals surface area contributed by atoms with Gasteiger partial charge in [-0.15, -0.1) is 0 Å². The van der Waals surface area contributed by atoms with Crippen LogP contribution in [0.3, 0.4) is 0 Å². The van der Waals surface area contributed by atoms with Gasteiger partial charge in [0.25, 0.3) is 5.91 Å². The number of carbonyl (C=O) groups is 2. The lowest BCUT2D eigenvalue weighted by Crippen LogP contribution is -2.35. The van der Waals surface area contributed by atoms with Crippen LogP contribution in [0.15, 0.2) is 42.5 Å². The summed E-state index contributed by atoms with van der Waals surface area (Å²) >= 11 is 0. The van der Waals surface area contributed by atoms with Crippen molar-refractivity contribution in [3.63, 3.8) is 0 Å². The monoisotopic (exact) mass is 354 g/mol. The van der Waals surface area contributed by atoms with Crippen LogP contribution in [0.4, 0.5) is 10.1 Å². The van der Waals surface area contributed by atoms with Gasteiger partial charge in [0.2, 0.25) is 0 Å². The third-order valence-electron chi connectivity index (χ3n) is 3.83. The van der Waals surface area contributed by atoms with Crippen LogP contribution >= 0.6 is 0 Å². The molecule has 0 saturated heterocycles. The van der Waals surface area contributed by atoms with E-state index in [0.717, 1.165) is 11.1 Å². The van der Waals surface area contributed by atoms with Crippen LogP contribution in [0.2, 0.25) is 0 Å². The number of hydrogen-bond acceptors (Lipinski definition) is 4. The Morgan fingerprint density at radius 1 is 1.15 bits per heavy atom. The second-order valence-electron chi connectivity index (χ2n) is 5.82. The molecule has 134 valence electrons. The summed E-state index contributed by atoms with van der Waals surface area (Å²) in [5.41, 5.74) is 2.52. The summed E-state index contributed by atoms with van der Waals surface area (Å²) in [5.74, 6) is -1.49. The Bertz CT molecular complexity index is 841. The fourth-order valence-corrected chi connectivity index (χ4v) is 2.42. The topological polar surface area (TPSA) is 70.4 Å². The van der Waals surface area contributed by atoms with E-state index in [1.54, 1.807) is 13.0 Å². The molecular formula is C20H19FN2O3. The summed E-state index contributed by atoms with van der Waals surface area (Å²) < 4.78 is 18.2. The van der Waals surface area contributed by atoms with Crippen molar-refractivity contribution in [2.45, 2.75) is 20.3 Å². The van der Waals surface area contributed by atoms with E-state index in [9.17, 15) is 14.0 Å². The van der Waals surface area contributed by atoms with Crippen LogP contribution < -0.4 is 4.90 Å². The van der Waals surface area contributed by atoms with Gasteiger partial charge >= 0.3 is 5.97 Å². The Morgan fingerprint density at radius 2 is 1.85 bits per heavy atom. The van der Waals surface area contributed by atoms with E-state index in [-0.39, 0.29) is 13.0 Å². The number of ether oxygens (including phenoxy) is 1. The molecule has 2 aromatic rings. The fraction of sp³-hybridized carbons (Fsp3) is 0.250. The van der Waals surface area contributed by atoms with Crippen molar-refractivity contribution in [3.05, 3.63) is 65.0 Å². The smallest absolute Gasteiger partial charge is 0.338 e. The van der Waals surface area contributed by atoms with Crippen molar-refractivity contribution in [1.82, 2.24) is 0 Å². The number of benzene rings is 2. The first-order valence-electron chi connectivity index (χ1n) is 8.09. The number of amides is 1. The van der Waals surface area contributed by atoms with Gasteiger partial charge in [0.1, 0.15) is 5.82 Å². The summed E-state index contributed by atoms with van der Waals surface area (Å²) in [6.45, 7) is 3.31. The summed E-state index contributed by atoms with van der Waals surface area (Å²) in [6, 6.07) is 12.7. The summed E-state index contributed by atoms with van der Waals surface area (Å²) in [5, 5.41) is 8.78. The quantitative estimate of drug-likeness (QED) is 0.744. The molecule has 0 unspecified atom stereocenters. The zero-order valence-corrected chi connectivity index (χ0v) is 14.7. The lowest BCUT2D eigenvalue weighted by molar-refractivity contribution is -0.121. The first kappa shape index (κ1) is 19.1. The standard InChI is InChI=1S/C20H19FN2O3/c1-14-4-5-15(2)18(12-14)20(25)26-13-19(24)23(11-3-10-22)17-8-6-16(21)7-9-17/h4-9,12H,3,11,13H2,1-2H3. The minimum absolute atomic E-state index is 0.105. The van der Waals surface area contributed by atoms with Crippen molar-refractivity contribution >= 4 is 17.6 Å². The Balaban J connectivity index is 2.09. The van der Waals surface area contributed by atoms with Crippen LogP contribution in [0.25, 0.3) is 0 Å². The molecule has 6 heteroatoms. The van der Waals surface area contributed by atoms with E-state index in [2.05, 4.69) is 0 Å². The number of esters is 1. The second-order valence-corrected chi connectivity index (χ2v) is 5.82. The summed E-state index contributed by atoms with van der Waals surface area (Å²) in [4.78, 5) is 26.0. The molecule has 0 aliphatic carbocycles. The van der Waals surface area contributed by atoms with Crippen molar-refractivity contribution in [2.24, 2.45) is 0 Å². The number of nitriles is 1. The number of halogens is 1. The number of rotatable bonds is 6. The van der Waals surface area contributed by atoms with Gasteiger partial charge in [-0.25, -0.2) is 9.18 Å². The van der Waals surface area contributed by atoms with Crippen LogP contribution in [0.1, 0.15) is 27.9 Å². The molecule has 0 bridgehead atoms. The zero-order chi connectivity index (χ0) is 19.1. The molecule has 0 fully saturated rings. The van der Waals surface area contributed by atoms with Crippen LogP contribution in [0, 0.1) is 31.0 Å². The summed E-state index contributed by atoms with van der Waals surface area (Å²) in [7, 11) is 0. The first-order valence-corrected chi connectivity index (χ1v) is 8.09. The van der Waals surface area contributed by atoms with E-state index >= 15 is 0 Å². The molecule has 0 aliphatic heterocycles. The number of carbonyl (C=O) groups excluding carboxylic acids is 2. The maximum Gasteiger partial charge on any atom is 0.338 e. The van der Waals surface area contributed by atoms with Gasteiger partial charge in [0.05, 0.1) is 18.1 Å². The van der Waals surface area contributed by atoms with Crippen LogP contribution in [-0.2, 0) is 9.53 Å². The Morgan fingerprint density at radius 3 is 2.50 bits per heavy atom. The minimum Gasteiger partial charge on any atom is -0.452 e. The number of nitrogens with zero attached hydrogens (tertiary/aromatic N) is 2. The van der Waals surface area contributed by atoms with Gasteiger partial charge in [0.15, 0.2) is 6.61 Å². The molecule has 0 spiro atoms. The van der Waals surface area contributed by atoms with Crippen molar-refractivity contribution in [1.29, 1.82) is 5.26 Å². The third-order valence-corrected chi connectivity index (χ3v) is 3.83. The normalized spacial score (nSPS) is 10.1. The van der Waals surface area contributed by atoms with E-state index < -0.39 is 24.3 Å². The Kier molecular flexibility index (Phi) is 6.45. The molecule has 2 rings (SSSR count). The zero-order valence-electron chi connectivity index (χ0n) is 14.7. The molecule has 26 heavy (non-hydrogen) atoms. The highest BCUT2D eigenvalue weighted by molar-refractivity contribution is 5.97. The van der Waals surface area contributed by atoms with E-state index in [0.29, 0.717) is 11.3 Å². The highest BCUT2D eigenvalue weighted by Crippen LogP contribution is 2.16. The maximum atomic E-state index is 13.1. The Labute approximate surface area is 151 Å². The van der Waals surface area contributed by atoms with E-state index in [1.807, 2.05) is 25.1 Å². The first-order chi connectivity index (χ1) is 12.4. The van der Waals surface area contributed by atoms with Gasteiger partial charge in [0, 0.05) is 12.2 Å². The van der Waals surface area contributed by atoms with Crippen LogP contribution in [0.5, 0.6) is 0 Å². The van der Waals surface area contributed by atoms with Gasteiger partial charge in [-0.3, -0.25) is 4.79 Å². The molecule has 0 aromatic heterocycles. The average molecular weight is 354 g/mol. The van der Waals surface area contributed by atoms with E-state index in [1.165, 1.54) is 29.2 Å². The molecule has 5 nitrogen and oxygen atoms in total. The average Bonchev–Trinajstić information content (AvgIpc) is 2.63. The van der Waals surface area contributed by atoms with Crippen LogP contribution in [-0.4, -0.2) is 25.0 Å². The SMILES string of the molecule is Cc1ccc(C)c(C(=O)OCC(=O)N(CCC#N)c2ccc(F)cc2)c1. The molecule has 0 atom stereocenters. The molecule has 0 N–H and O–H groups in total. The van der Waals surface area contributed by atoms with Gasteiger partial charge in [-0.05, 0) is 49.7 Å². The van der Waals surface area contributed by atoms with Crippen molar-refractivity contribution in [3.8, 4) is 6.07 Å². The third kappa shape index (κ3) is 4.90. The number of aryl methyl sites for hydroxylation is 2. The number of anilines is 1. The summed E-state index contributed by atoms with van der Waals surface area (Å²) in [6.07, 6.45) is 0.105. The van der Waals surface area contributed by atoms with Gasteiger partial charge in [-0.1, -0.05) is 17.7 Å². The largest absolute Gasteiger partial charge is 0.452 e. The van der Waals surface area contributed by atoms with Gasteiger partial charge < -0.3 is 9.64 Å².